The van der Waals surface area contributed by atoms with Gasteiger partial charge in [0.05, 0.1) is 6.04 Å². The van der Waals surface area contributed by atoms with Crippen molar-refractivity contribution in [2.75, 3.05) is 13.3 Å². The Morgan fingerprint density at radius 1 is 1.24 bits per heavy atom. The van der Waals surface area contributed by atoms with Gasteiger partial charge < -0.3 is 20.1 Å². The Bertz CT molecular complexity index is 488. The highest BCUT2D eigenvalue weighted by molar-refractivity contribution is 5.81. The van der Waals surface area contributed by atoms with Crippen LogP contribution in [-0.4, -0.2) is 25.3 Å². The van der Waals surface area contributed by atoms with Crippen molar-refractivity contribution in [1.82, 2.24) is 10.6 Å². The Labute approximate surface area is 126 Å². The molecule has 5 heteroatoms. The summed E-state index contributed by atoms with van der Waals surface area (Å²) in [6.45, 7) is 7.79. The maximum atomic E-state index is 11.9. The minimum Gasteiger partial charge on any atom is -0.454 e. The number of hydrogen-bond acceptors (Lipinski definition) is 4. The van der Waals surface area contributed by atoms with Crippen molar-refractivity contribution in [2.45, 2.75) is 39.8 Å². The van der Waals surface area contributed by atoms with Crippen LogP contribution in [0.15, 0.2) is 18.2 Å². The van der Waals surface area contributed by atoms with Gasteiger partial charge in [0, 0.05) is 13.1 Å². The quantitative estimate of drug-likeness (QED) is 0.807. The lowest BCUT2D eigenvalue weighted by molar-refractivity contribution is -0.122. The van der Waals surface area contributed by atoms with E-state index in [2.05, 4.69) is 24.5 Å². The highest BCUT2D eigenvalue weighted by Crippen LogP contribution is 2.32. The lowest BCUT2D eigenvalue weighted by atomic mass is 10.1. The van der Waals surface area contributed by atoms with Crippen LogP contribution in [0.1, 0.15) is 32.8 Å². The molecule has 0 radical (unpaired) electrons. The molecule has 1 amide bonds. The molecule has 1 aromatic carbocycles. The Morgan fingerprint density at radius 3 is 2.76 bits per heavy atom. The summed E-state index contributed by atoms with van der Waals surface area (Å²) in [6, 6.07) is 5.59. The van der Waals surface area contributed by atoms with Crippen molar-refractivity contribution in [3.05, 3.63) is 23.8 Å². The number of hydrogen-bond donors (Lipinski definition) is 2. The largest absolute Gasteiger partial charge is 0.454 e. The van der Waals surface area contributed by atoms with E-state index in [4.69, 9.17) is 9.47 Å². The molecule has 0 saturated heterocycles. The van der Waals surface area contributed by atoms with Crippen LogP contribution >= 0.6 is 0 Å². The van der Waals surface area contributed by atoms with Gasteiger partial charge in [-0.2, -0.15) is 0 Å². The van der Waals surface area contributed by atoms with Crippen molar-refractivity contribution in [3.63, 3.8) is 0 Å². The maximum Gasteiger partial charge on any atom is 0.236 e. The molecule has 0 fully saturated rings. The number of fused-ring (bicyclic) bond motifs is 1. The molecule has 1 heterocycles. The fourth-order valence-corrected chi connectivity index (χ4v) is 2.05. The third-order valence-electron chi connectivity index (χ3n) is 3.46. The SMILES string of the molecule is CC(C)CCNC(=O)C(C)NCc1ccc2c(c1)OCO2. The molecule has 1 aliphatic rings. The molecule has 0 aromatic heterocycles. The topological polar surface area (TPSA) is 59.6 Å². The summed E-state index contributed by atoms with van der Waals surface area (Å²) in [5.41, 5.74) is 1.07. The summed E-state index contributed by atoms with van der Waals surface area (Å²) in [5, 5.41) is 6.17. The number of rotatable bonds is 7. The van der Waals surface area contributed by atoms with Crippen molar-refractivity contribution >= 4 is 5.91 Å². The molecule has 0 spiro atoms. The third-order valence-corrected chi connectivity index (χ3v) is 3.46. The number of amides is 1. The molecule has 1 aromatic rings. The molecular weight excluding hydrogens is 268 g/mol. The zero-order valence-corrected chi connectivity index (χ0v) is 12.9. The molecule has 1 atom stereocenters. The molecule has 1 unspecified atom stereocenters. The number of benzene rings is 1. The predicted octanol–water partition coefficient (Wildman–Crippen LogP) is 2.06. The Morgan fingerprint density at radius 2 is 2.00 bits per heavy atom. The Hall–Kier alpha value is -1.75. The number of ether oxygens (including phenoxy) is 2. The fraction of sp³-hybridized carbons (Fsp3) is 0.562. The summed E-state index contributed by atoms with van der Waals surface area (Å²) in [5.74, 6) is 2.18. The molecule has 2 rings (SSSR count). The minimum absolute atomic E-state index is 0.0383. The summed E-state index contributed by atoms with van der Waals surface area (Å²) >= 11 is 0. The normalized spacial score (nSPS) is 14.3. The van der Waals surface area contributed by atoms with E-state index in [1.807, 2.05) is 25.1 Å². The molecule has 116 valence electrons. The first-order valence-corrected chi connectivity index (χ1v) is 7.46. The van der Waals surface area contributed by atoms with Gasteiger partial charge in [-0.25, -0.2) is 0 Å². The molecule has 0 bridgehead atoms. The minimum atomic E-state index is -0.220. The first kappa shape index (κ1) is 15.6. The Kier molecular flexibility index (Phi) is 5.44. The zero-order chi connectivity index (χ0) is 15.2. The van der Waals surface area contributed by atoms with Crippen molar-refractivity contribution in [2.24, 2.45) is 5.92 Å². The van der Waals surface area contributed by atoms with Crippen molar-refractivity contribution in [3.8, 4) is 11.5 Å². The van der Waals surface area contributed by atoms with Crippen LogP contribution in [0.3, 0.4) is 0 Å². The van der Waals surface area contributed by atoms with Crippen LogP contribution in [0.5, 0.6) is 11.5 Å². The number of carbonyl (C=O) groups is 1. The highest BCUT2D eigenvalue weighted by atomic mass is 16.7. The van der Waals surface area contributed by atoms with E-state index in [1.165, 1.54) is 0 Å². The van der Waals surface area contributed by atoms with Crippen LogP contribution in [0, 0.1) is 5.92 Å². The van der Waals surface area contributed by atoms with Gasteiger partial charge in [0.25, 0.3) is 0 Å². The highest BCUT2D eigenvalue weighted by Gasteiger charge is 2.15. The average Bonchev–Trinajstić information content (AvgIpc) is 2.91. The fourth-order valence-electron chi connectivity index (χ4n) is 2.05. The summed E-state index contributed by atoms with van der Waals surface area (Å²) < 4.78 is 10.6. The van der Waals surface area contributed by atoms with Gasteiger partial charge in [-0.05, 0) is 37.0 Å². The van der Waals surface area contributed by atoms with E-state index in [-0.39, 0.29) is 18.7 Å². The lowest BCUT2D eigenvalue weighted by Gasteiger charge is -2.15. The van der Waals surface area contributed by atoms with E-state index < -0.39 is 0 Å². The third kappa shape index (κ3) is 4.63. The second kappa shape index (κ2) is 7.31. The molecule has 5 nitrogen and oxygen atoms in total. The van der Waals surface area contributed by atoms with E-state index >= 15 is 0 Å². The smallest absolute Gasteiger partial charge is 0.236 e. The van der Waals surface area contributed by atoms with E-state index in [0.717, 1.165) is 30.0 Å². The summed E-state index contributed by atoms with van der Waals surface area (Å²) in [6.07, 6.45) is 1.00. The van der Waals surface area contributed by atoms with E-state index in [1.54, 1.807) is 0 Å². The second-order valence-electron chi connectivity index (χ2n) is 5.76. The van der Waals surface area contributed by atoms with Crippen LogP contribution in [0.25, 0.3) is 0 Å². The monoisotopic (exact) mass is 292 g/mol. The van der Waals surface area contributed by atoms with Crippen LogP contribution in [0.2, 0.25) is 0 Å². The van der Waals surface area contributed by atoms with Gasteiger partial charge in [0.1, 0.15) is 0 Å². The number of carbonyl (C=O) groups excluding carboxylic acids is 1. The van der Waals surface area contributed by atoms with Gasteiger partial charge >= 0.3 is 0 Å². The summed E-state index contributed by atoms with van der Waals surface area (Å²) in [7, 11) is 0. The average molecular weight is 292 g/mol. The van der Waals surface area contributed by atoms with Crippen molar-refractivity contribution in [1.29, 1.82) is 0 Å². The van der Waals surface area contributed by atoms with Gasteiger partial charge in [-0.15, -0.1) is 0 Å². The van der Waals surface area contributed by atoms with Gasteiger partial charge in [0.15, 0.2) is 11.5 Å². The Balaban J connectivity index is 1.75. The molecule has 21 heavy (non-hydrogen) atoms. The van der Waals surface area contributed by atoms with Gasteiger partial charge in [0.2, 0.25) is 12.7 Å². The van der Waals surface area contributed by atoms with Gasteiger partial charge in [-0.3, -0.25) is 4.79 Å². The van der Waals surface area contributed by atoms with Crippen LogP contribution in [-0.2, 0) is 11.3 Å². The van der Waals surface area contributed by atoms with Crippen molar-refractivity contribution < 1.29 is 14.3 Å². The molecule has 2 N–H and O–H groups in total. The molecular formula is C16H24N2O3. The van der Waals surface area contributed by atoms with E-state index in [0.29, 0.717) is 12.5 Å². The second-order valence-corrected chi connectivity index (χ2v) is 5.76. The molecule has 0 aliphatic carbocycles. The molecule has 1 aliphatic heterocycles. The summed E-state index contributed by atoms with van der Waals surface area (Å²) in [4.78, 5) is 11.9. The van der Waals surface area contributed by atoms with E-state index in [9.17, 15) is 4.79 Å². The lowest BCUT2D eigenvalue weighted by Crippen LogP contribution is -2.42. The molecule has 0 saturated carbocycles. The number of nitrogens with one attached hydrogen (secondary N) is 2. The maximum absolute atomic E-state index is 11.9. The van der Waals surface area contributed by atoms with Gasteiger partial charge in [-0.1, -0.05) is 19.9 Å². The zero-order valence-electron chi connectivity index (χ0n) is 12.9. The van der Waals surface area contributed by atoms with Crippen LogP contribution in [0.4, 0.5) is 0 Å². The standard InChI is InChI=1S/C16H24N2O3/c1-11(2)6-7-17-16(19)12(3)18-9-13-4-5-14-15(8-13)21-10-20-14/h4-5,8,11-12,18H,6-7,9-10H2,1-3H3,(H,17,19). The first-order valence-electron chi connectivity index (χ1n) is 7.46. The first-order chi connectivity index (χ1) is 10.1. The van der Waals surface area contributed by atoms with Crippen LogP contribution < -0.4 is 20.1 Å². The predicted molar refractivity (Wildman–Crippen MR) is 81.3 cm³/mol.